The van der Waals surface area contributed by atoms with Crippen molar-refractivity contribution >= 4 is 23.1 Å². The second kappa shape index (κ2) is 4.83. The van der Waals surface area contributed by atoms with Crippen LogP contribution in [0, 0.1) is 0 Å². The van der Waals surface area contributed by atoms with Crippen molar-refractivity contribution < 1.29 is 9.90 Å². The zero-order valence-corrected chi connectivity index (χ0v) is 11.3. The molecule has 0 spiro atoms. The van der Waals surface area contributed by atoms with Gasteiger partial charge in [-0.1, -0.05) is 0 Å². The quantitative estimate of drug-likeness (QED) is 0.677. The van der Waals surface area contributed by atoms with Crippen LogP contribution in [0.2, 0.25) is 0 Å². The number of hydrogen-bond acceptors (Lipinski definition) is 5. The monoisotopic (exact) mass is 281 g/mol. The van der Waals surface area contributed by atoms with Crippen LogP contribution in [0.5, 0.6) is 0 Å². The molecule has 0 aromatic carbocycles. The summed E-state index contributed by atoms with van der Waals surface area (Å²) in [6, 6.07) is -0.367. The molecule has 9 heteroatoms. The van der Waals surface area contributed by atoms with E-state index in [4.69, 9.17) is 5.11 Å². The number of fused-ring (bicyclic) bond motifs is 1. The SMILES string of the molecule is CC(CC(=O)O)Nc1nc2c([nH]1)c(=O)n(C)c(=O)n2C. The Labute approximate surface area is 112 Å². The van der Waals surface area contributed by atoms with Gasteiger partial charge in [-0.05, 0) is 6.92 Å². The van der Waals surface area contributed by atoms with Crippen LogP contribution in [0.1, 0.15) is 13.3 Å². The van der Waals surface area contributed by atoms with Crippen LogP contribution in [0.15, 0.2) is 9.59 Å². The molecule has 20 heavy (non-hydrogen) atoms. The van der Waals surface area contributed by atoms with Gasteiger partial charge in [-0.3, -0.25) is 18.7 Å². The molecule has 0 bridgehead atoms. The van der Waals surface area contributed by atoms with Crippen LogP contribution < -0.4 is 16.6 Å². The molecular formula is C11H15N5O4. The predicted molar refractivity (Wildman–Crippen MR) is 71.9 cm³/mol. The second-order valence-electron chi connectivity index (χ2n) is 4.63. The standard InChI is InChI=1S/C11H15N5O4/c1-5(4-6(17)18)12-10-13-7-8(14-10)15(2)11(20)16(3)9(7)19/h5H,4H2,1-3H3,(H,17,18)(H2,12,13,14). The molecule has 0 saturated heterocycles. The highest BCUT2D eigenvalue weighted by Gasteiger charge is 2.15. The molecule has 0 radical (unpaired) electrons. The van der Waals surface area contributed by atoms with Crippen molar-refractivity contribution in [3.05, 3.63) is 20.8 Å². The number of carboxylic acids is 1. The van der Waals surface area contributed by atoms with Gasteiger partial charge in [-0.2, -0.15) is 4.98 Å². The third-order valence-corrected chi connectivity index (χ3v) is 2.96. The number of anilines is 1. The highest BCUT2D eigenvalue weighted by molar-refractivity contribution is 5.73. The van der Waals surface area contributed by atoms with E-state index in [1.807, 2.05) is 0 Å². The Morgan fingerprint density at radius 3 is 2.65 bits per heavy atom. The fourth-order valence-electron chi connectivity index (χ4n) is 1.94. The van der Waals surface area contributed by atoms with Gasteiger partial charge in [0.15, 0.2) is 11.2 Å². The molecule has 108 valence electrons. The fraction of sp³-hybridized carbons (Fsp3) is 0.455. The van der Waals surface area contributed by atoms with Gasteiger partial charge in [0, 0.05) is 20.1 Å². The number of carbonyl (C=O) groups is 1. The van der Waals surface area contributed by atoms with Gasteiger partial charge >= 0.3 is 11.7 Å². The van der Waals surface area contributed by atoms with E-state index in [1.165, 1.54) is 18.7 Å². The smallest absolute Gasteiger partial charge is 0.332 e. The maximum absolute atomic E-state index is 11.9. The van der Waals surface area contributed by atoms with Crippen molar-refractivity contribution in [1.29, 1.82) is 0 Å². The van der Waals surface area contributed by atoms with Crippen LogP contribution in [-0.4, -0.2) is 36.2 Å². The van der Waals surface area contributed by atoms with Crippen LogP contribution in [0.25, 0.3) is 11.2 Å². The lowest BCUT2D eigenvalue weighted by molar-refractivity contribution is -0.137. The maximum Gasteiger partial charge on any atom is 0.332 e. The highest BCUT2D eigenvalue weighted by Crippen LogP contribution is 2.10. The molecule has 1 atom stereocenters. The van der Waals surface area contributed by atoms with Crippen molar-refractivity contribution in [3.8, 4) is 0 Å². The minimum Gasteiger partial charge on any atom is -0.481 e. The molecule has 0 aliphatic rings. The number of hydrogen-bond donors (Lipinski definition) is 3. The molecule has 0 aliphatic heterocycles. The largest absolute Gasteiger partial charge is 0.481 e. The van der Waals surface area contributed by atoms with Crippen molar-refractivity contribution in [3.63, 3.8) is 0 Å². The molecule has 2 rings (SSSR count). The molecule has 0 saturated carbocycles. The molecule has 0 amide bonds. The molecule has 1 unspecified atom stereocenters. The van der Waals surface area contributed by atoms with E-state index in [2.05, 4.69) is 15.3 Å². The number of imidazole rings is 1. The summed E-state index contributed by atoms with van der Waals surface area (Å²) in [4.78, 5) is 41.2. The number of rotatable bonds is 4. The first kappa shape index (κ1) is 13.8. The van der Waals surface area contributed by atoms with Crippen molar-refractivity contribution in [2.45, 2.75) is 19.4 Å². The highest BCUT2D eigenvalue weighted by atomic mass is 16.4. The Balaban J connectivity index is 2.47. The molecule has 9 nitrogen and oxygen atoms in total. The summed E-state index contributed by atoms with van der Waals surface area (Å²) in [5, 5.41) is 11.5. The van der Waals surface area contributed by atoms with Crippen LogP contribution >= 0.6 is 0 Å². The number of nitrogens with zero attached hydrogens (tertiary/aromatic N) is 3. The predicted octanol–water partition coefficient (Wildman–Crippen LogP) is -0.765. The first-order valence-electron chi connectivity index (χ1n) is 5.95. The number of carboxylic acid groups (broad SMARTS) is 1. The molecule has 2 aromatic rings. The average molecular weight is 281 g/mol. The van der Waals surface area contributed by atoms with E-state index in [9.17, 15) is 14.4 Å². The minimum atomic E-state index is -0.940. The summed E-state index contributed by atoms with van der Waals surface area (Å²) >= 11 is 0. The maximum atomic E-state index is 11.9. The topological polar surface area (TPSA) is 122 Å². The van der Waals surface area contributed by atoms with E-state index < -0.39 is 17.2 Å². The van der Waals surface area contributed by atoms with Gasteiger partial charge in [0.1, 0.15) is 0 Å². The van der Waals surface area contributed by atoms with Gasteiger partial charge in [-0.25, -0.2) is 4.79 Å². The van der Waals surface area contributed by atoms with Gasteiger partial charge in [0.25, 0.3) is 5.56 Å². The number of aromatic amines is 1. The minimum absolute atomic E-state index is 0.0893. The summed E-state index contributed by atoms with van der Waals surface area (Å²) in [5.74, 6) is -0.684. The summed E-state index contributed by atoms with van der Waals surface area (Å²) in [6.07, 6.45) is -0.0893. The molecular weight excluding hydrogens is 266 g/mol. The Kier molecular flexibility index (Phi) is 3.35. The summed E-state index contributed by atoms with van der Waals surface area (Å²) in [7, 11) is 2.89. The first-order valence-corrected chi connectivity index (χ1v) is 5.95. The van der Waals surface area contributed by atoms with E-state index in [1.54, 1.807) is 6.92 Å². The van der Waals surface area contributed by atoms with E-state index in [-0.39, 0.29) is 29.6 Å². The Morgan fingerprint density at radius 2 is 2.05 bits per heavy atom. The zero-order valence-electron chi connectivity index (χ0n) is 11.3. The molecule has 0 fully saturated rings. The van der Waals surface area contributed by atoms with Gasteiger partial charge in [0.2, 0.25) is 5.95 Å². The Morgan fingerprint density at radius 1 is 1.40 bits per heavy atom. The van der Waals surface area contributed by atoms with Crippen molar-refractivity contribution in [1.82, 2.24) is 19.1 Å². The third-order valence-electron chi connectivity index (χ3n) is 2.96. The van der Waals surface area contributed by atoms with Crippen LogP contribution in [0.3, 0.4) is 0 Å². The Bertz CT molecular complexity index is 784. The number of nitrogens with one attached hydrogen (secondary N) is 2. The molecule has 2 heterocycles. The van der Waals surface area contributed by atoms with E-state index >= 15 is 0 Å². The van der Waals surface area contributed by atoms with Crippen LogP contribution in [-0.2, 0) is 18.9 Å². The second-order valence-corrected chi connectivity index (χ2v) is 4.63. The number of aliphatic carboxylic acids is 1. The van der Waals surface area contributed by atoms with E-state index in [0.717, 1.165) is 4.57 Å². The van der Waals surface area contributed by atoms with Gasteiger partial charge in [-0.15, -0.1) is 0 Å². The third kappa shape index (κ3) is 2.29. The molecule has 3 N–H and O–H groups in total. The lowest BCUT2D eigenvalue weighted by Gasteiger charge is -2.09. The van der Waals surface area contributed by atoms with Gasteiger partial charge < -0.3 is 15.4 Å². The van der Waals surface area contributed by atoms with Crippen molar-refractivity contribution in [2.75, 3.05) is 5.32 Å². The normalized spacial score (nSPS) is 12.6. The average Bonchev–Trinajstić information content (AvgIpc) is 2.76. The number of H-pyrrole nitrogens is 1. The number of aryl methyl sites for hydroxylation is 1. The fourth-order valence-corrected chi connectivity index (χ4v) is 1.94. The first-order chi connectivity index (χ1) is 9.31. The molecule has 2 aromatic heterocycles. The number of aromatic nitrogens is 4. The van der Waals surface area contributed by atoms with E-state index in [0.29, 0.717) is 0 Å². The van der Waals surface area contributed by atoms with Crippen molar-refractivity contribution in [2.24, 2.45) is 14.1 Å². The lowest BCUT2D eigenvalue weighted by atomic mass is 10.2. The van der Waals surface area contributed by atoms with Gasteiger partial charge in [0.05, 0.1) is 6.42 Å². The summed E-state index contributed by atoms with van der Waals surface area (Å²) in [5.41, 5.74) is -0.531. The Hall–Kier alpha value is -2.58. The zero-order chi connectivity index (χ0) is 15.0. The lowest BCUT2D eigenvalue weighted by Crippen LogP contribution is -2.36. The summed E-state index contributed by atoms with van der Waals surface area (Å²) < 4.78 is 2.23. The van der Waals surface area contributed by atoms with Crippen LogP contribution in [0.4, 0.5) is 5.95 Å². The molecule has 0 aliphatic carbocycles. The summed E-state index contributed by atoms with van der Waals surface area (Å²) in [6.45, 7) is 1.68.